The maximum atomic E-state index is 12.7. The number of nitrogens with zero attached hydrogens (tertiary/aromatic N) is 2. The molecule has 1 atom stereocenters. The molecule has 0 saturated heterocycles. The van der Waals surface area contributed by atoms with Crippen LogP contribution in [0.5, 0.6) is 0 Å². The van der Waals surface area contributed by atoms with Gasteiger partial charge in [-0.3, -0.25) is 9.69 Å². The van der Waals surface area contributed by atoms with Gasteiger partial charge in [0.2, 0.25) is 5.91 Å². The Morgan fingerprint density at radius 3 is 2.43 bits per heavy atom. The average Bonchev–Trinajstić information content (AvgIpc) is 2.72. The summed E-state index contributed by atoms with van der Waals surface area (Å²) in [7, 11) is 1.54. The van der Waals surface area contributed by atoms with Crippen LogP contribution in [0, 0.1) is 0 Å². The Kier molecular flexibility index (Phi) is 4.57. The van der Waals surface area contributed by atoms with Crippen molar-refractivity contribution in [2.24, 2.45) is 0 Å². The first kappa shape index (κ1) is 15.5. The molecule has 0 saturated carbocycles. The number of methoxy groups -OCH3 is 1. The lowest BCUT2D eigenvalue weighted by Gasteiger charge is -2.26. The summed E-state index contributed by atoms with van der Waals surface area (Å²) >= 11 is 0. The van der Waals surface area contributed by atoms with E-state index in [1.54, 1.807) is 0 Å². The third kappa shape index (κ3) is 2.92. The Morgan fingerprint density at radius 1 is 1.13 bits per heavy atom. The zero-order valence-corrected chi connectivity index (χ0v) is 12.8. The molecule has 1 heterocycles. The fraction of sp³-hybridized carbons (Fsp3) is 0.235. The number of ether oxygens (including phenoxy) is 1. The summed E-state index contributed by atoms with van der Waals surface area (Å²) in [5, 5.41) is 9.45. The van der Waals surface area contributed by atoms with Crippen molar-refractivity contribution in [1.82, 2.24) is 5.48 Å². The average molecular weight is 313 g/mol. The number of hydrogen-bond donors (Lipinski definition) is 2. The number of carbonyl (C=O) groups excluding carboxylic acids is 1. The summed E-state index contributed by atoms with van der Waals surface area (Å²) in [5.41, 5.74) is 4.72. The number of amides is 1. The van der Waals surface area contributed by atoms with Crippen molar-refractivity contribution < 1.29 is 14.7 Å². The van der Waals surface area contributed by atoms with Gasteiger partial charge in [-0.25, -0.2) is 0 Å². The summed E-state index contributed by atoms with van der Waals surface area (Å²) in [6, 6.07) is 16.7. The lowest BCUT2D eigenvalue weighted by molar-refractivity contribution is -0.123. The van der Waals surface area contributed by atoms with E-state index < -0.39 is 6.04 Å². The van der Waals surface area contributed by atoms with E-state index >= 15 is 0 Å². The van der Waals surface area contributed by atoms with Gasteiger partial charge in [0, 0.05) is 19.3 Å². The molecule has 0 fully saturated rings. The van der Waals surface area contributed by atoms with Gasteiger partial charge in [-0.1, -0.05) is 30.3 Å². The zero-order valence-electron chi connectivity index (χ0n) is 12.8. The maximum Gasteiger partial charge on any atom is 0.250 e. The molecule has 120 valence electrons. The fourth-order valence-electron chi connectivity index (χ4n) is 2.80. The second kappa shape index (κ2) is 6.78. The van der Waals surface area contributed by atoms with Crippen LogP contribution in [0.15, 0.2) is 54.6 Å². The highest BCUT2D eigenvalue weighted by atomic mass is 16.5. The molecular weight excluding hydrogens is 294 g/mol. The van der Waals surface area contributed by atoms with Gasteiger partial charge in [-0.05, 0) is 24.3 Å². The van der Waals surface area contributed by atoms with Crippen LogP contribution in [0.4, 0.5) is 17.1 Å². The fourth-order valence-corrected chi connectivity index (χ4v) is 2.80. The Hall–Kier alpha value is -2.41. The zero-order chi connectivity index (χ0) is 16.2. The molecule has 0 radical (unpaired) electrons. The van der Waals surface area contributed by atoms with Crippen LogP contribution in [0.1, 0.15) is 0 Å². The Labute approximate surface area is 134 Å². The summed E-state index contributed by atoms with van der Waals surface area (Å²) in [6.07, 6.45) is 0. The van der Waals surface area contributed by atoms with E-state index in [2.05, 4.69) is 5.48 Å². The van der Waals surface area contributed by atoms with Gasteiger partial charge in [-0.15, -0.1) is 0 Å². The van der Waals surface area contributed by atoms with Gasteiger partial charge in [0.25, 0.3) is 0 Å². The molecule has 0 aromatic heterocycles. The van der Waals surface area contributed by atoms with Crippen molar-refractivity contribution in [2.45, 2.75) is 6.04 Å². The normalized spacial score (nSPS) is 17.8. The van der Waals surface area contributed by atoms with Crippen LogP contribution in [0.25, 0.3) is 0 Å². The number of hydrogen-bond acceptors (Lipinski definition) is 5. The van der Waals surface area contributed by atoms with E-state index in [4.69, 9.17) is 4.74 Å². The van der Waals surface area contributed by atoms with Crippen molar-refractivity contribution in [3.05, 3.63) is 54.6 Å². The number of anilines is 3. The van der Waals surface area contributed by atoms with Gasteiger partial charge in [0.05, 0.1) is 11.4 Å². The lowest BCUT2D eigenvalue weighted by atomic mass is 10.2. The Bertz CT molecular complexity index is 678. The monoisotopic (exact) mass is 313 g/mol. The summed E-state index contributed by atoms with van der Waals surface area (Å²) < 4.78 is 5.18. The molecular formula is C17H19N3O3. The number of benzene rings is 2. The molecule has 2 aromatic rings. The summed E-state index contributed by atoms with van der Waals surface area (Å²) in [5.74, 6) is -0.236. The van der Waals surface area contributed by atoms with E-state index in [1.807, 2.05) is 59.5 Å². The first-order chi connectivity index (χ1) is 11.3. The quantitative estimate of drug-likeness (QED) is 0.847. The molecule has 6 nitrogen and oxygen atoms in total. The smallest absolute Gasteiger partial charge is 0.250 e. The Morgan fingerprint density at radius 2 is 1.78 bits per heavy atom. The van der Waals surface area contributed by atoms with Crippen molar-refractivity contribution in [1.29, 1.82) is 0 Å². The van der Waals surface area contributed by atoms with E-state index in [-0.39, 0.29) is 12.6 Å². The summed E-state index contributed by atoms with van der Waals surface area (Å²) in [4.78, 5) is 16.2. The third-order valence-corrected chi connectivity index (χ3v) is 3.87. The Balaban J connectivity index is 2.13. The third-order valence-electron chi connectivity index (χ3n) is 3.87. The molecule has 1 aliphatic heterocycles. The van der Waals surface area contributed by atoms with E-state index in [9.17, 15) is 10.0 Å². The highest BCUT2D eigenvalue weighted by Crippen LogP contribution is 2.37. The van der Waals surface area contributed by atoms with Crippen LogP contribution in [-0.2, 0) is 9.53 Å². The molecule has 1 amide bonds. The number of para-hydroxylation sites is 3. The molecule has 1 unspecified atom stereocenters. The minimum Gasteiger partial charge on any atom is -0.364 e. The minimum absolute atomic E-state index is 0.122. The van der Waals surface area contributed by atoms with Crippen molar-refractivity contribution >= 4 is 23.0 Å². The maximum absolute atomic E-state index is 12.7. The molecule has 3 rings (SSSR count). The molecule has 1 aliphatic rings. The highest BCUT2D eigenvalue weighted by Gasteiger charge is 2.33. The second-order valence-electron chi connectivity index (χ2n) is 5.30. The van der Waals surface area contributed by atoms with Gasteiger partial charge in [0.15, 0.2) is 0 Å². The van der Waals surface area contributed by atoms with Crippen molar-refractivity contribution in [2.75, 3.05) is 30.2 Å². The second-order valence-corrected chi connectivity index (χ2v) is 5.30. The summed E-state index contributed by atoms with van der Waals surface area (Å²) in [6.45, 7) is 0.438. The predicted octanol–water partition coefficient (Wildman–Crippen LogP) is 2.12. The lowest BCUT2D eigenvalue weighted by Crippen LogP contribution is -2.49. The van der Waals surface area contributed by atoms with Crippen molar-refractivity contribution in [3.8, 4) is 0 Å². The molecule has 2 aromatic carbocycles. The molecule has 0 bridgehead atoms. The molecule has 2 N–H and O–H groups in total. The van der Waals surface area contributed by atoms with Crippen molar-refractivity contribution in [3.63, 3.8) is 0 Å². The number of fused-ring (bicyclic) bond motifs is 1. The first-order valence-electron chi connectivity index (χ1n) is 7.38. The van der Waals surface area contributed by atoms with Gasteiger partial charge in [-0.2, -0.15) is 5.48 Å². The van der Waals surface area contributed by atoms with Crippen LogP contribution >= 0.6 is 0 Å². The predicted molar refractivity (Wildman–Crippen MR) is 88.0 cm³/mol. The molecule has 0 aliphatic carbocycles. The molecule has 6 heteroatoms. The number of hydroxylamine groups is 1. The van der Waals surface area contributed by atoms with E-state index in [1.165, 1.54) is 12.0 Å². The SMILES string of the molecule is COCN1C(=O)C(NO)CN(c2ccccc2)c2ccccc21. The van der Waals surface area contributed by atoms with Gasteiger partial charge >= 0.3 is 0 Å². The number of nitrogens with one attached hydrogen (secondary N) is 1. The topological polar surface area (TPSA) is 65.0 Å². The van der Waals surface area contributed by atoms with Gasteiger partial charge < -0.3 is 14.8 Å². The van der Waals surface area contributed by atoms with Crippen LogP contribution in [0.3, 0.4) is 0 Å². The van der Waals surface area contributed by atoms with Gasteiger partial charge in [0.1, 0.15) is 12.8 Å². The highest BCUT2D eigenvalue weighted by molar-refractivity contribution is 6.02. The molecule has 23 heavy (non-hydrogen) atoms. The largest absolute Gasteiger partial charge is 0.364 e. The standard InChI is InChI=1S/C17H19N3O3/c1-23-12-20-16-10-6-5-9-15(16)19(11-14(18-22)17(20)21)13-7-3-2-4-8-13/h2-10,14,18,22H,11-12H2,1H3. The van der Waals surface area contributed by atoms with Crippen LogP contribution in [-0.4, -0.2) is 37.5 Å². The van der Waals surface area contributed by atoms with Crippen LogP contribution in [0.2, 0.25) is 0 Å². The first-order valence-corrected chi connectivity index (χ1v) is 7.38. The molecule has 0 spiro atoms. The van der Waals surface area contributed by atoms with E-state index in [0.717, 1.165) is 17.1 Å². The number of carbonyl (C=O) groups is 1. The van der Waals surface area contributed by atoms with Crippen LogP contribution < -0.4 is 15.3 Å². The minimum atomic E-state index is -0.752. The van der Waals surface area contributed by atoms with E-state index in [0.29, 0.717) is 6.54 Å². The number of rotatable bonds is 4.